The van der Waals surface area contributed by atoms with Gasteiger partial charge in [-0.05, 0) is 40.0 Å². The summed E-state index contributed by atoms with van der Waals surface area (Å²) in [4.78, 5) is 11.3. The third-order valence-electron chi connectivity index (χ3n) is 3.83. The molecule has 0 spiro atoms. The van der Waals surface area contributed by atoms with Crippen molar-refractivity contribution >= 4 is 5.57 Å². The third-order valence-corrected chi connectivity index (χ3v) is 3.83. The maximum atomic E-state index is 11.3. The minimum absolute atomic E-state index is 0.402. The van der Waals surface area contributed by atoms with E-state index in [-0.39, 0.29) is 0 Å². The lowest BCUT2D eigenvalue weighted by atomic mass is 9.95. The summed E-state index contributed by atoms with van der Waals surface area (Å²) < 4.78 is 5.25. The molecule has 0 bridgehead atoms. The van der Waals surface area contributed by atoms with E-state index in [1.165, 1.54) is 0 Å². The molecule has 3 nitrogen and oxygen atoms in total. The Hall–Kier alpha value is -2.42. The van der Waals surface area contributed by atoms with E-state index in [0.29, 0.717) is 6.42 Å². The van der Waals surface area contributed by atoms with Crippen molar-refractivity contribution < 1.29 is 4.74 Å². The molecule has 0 N–H and O–H groups in total. The van der Waals surface area contributed by atoms with Crippen molar-refractivity contribution in [2.45, 2.75) is 12.5 Å². The van der Waals surface area contributed by atoms with Gasteiger partial charge < -0.3 is 4.74 Å². The zero-order chi connectivity index (χ0) is 14.1. The van der Waals surface area contributed by atoms with E-state index in [2.05, 4.69) is 11.8 Å². The molecule has 0 saturated heterocycles. The highest BCUT2D eigenvalue weighted by Gasteiger charge is 2.25. The Balaban J connectivity index is 2.24. The molecular formula is C17H15NO2. The van der Waals surface area contributed by atoms with Gasteiger partial charge >= 0.3 is 0 Å². The summed E-state index contributed by atoms with van der Waals surface area (Å²) in [6.45, 7) is 4.20. The smallest absolute Gasteiger partial charge is 0.122 e. The van der Waals surface area contributed by atoms with Gasteiger partial charge in [0.15, 0.2) is 0 Å². The predicted molar refractivity (Wildman–Crippen MR) is 79.8 cm³/mol. The Morgan fingerprint density at radius 3 is 2.75 bits per heavy atom. The van der Waals surface area contributed by atoms with Crippen LogP contribution in [0.5, 0.6) is 5.75 Å². The molecule has 1 unspecified atom stereocenters. The lowest BCUT2D eigenvalue weighted by Gasteiger charge is -2.12. The Bertz CT molecular complexity index is 691. The molecule has 0 amide bonds. The number of nitrogens with zero attached hydrogens (tertiary/aromatic N) is 1. The Morgan fingerprint density at radius 2 is 2.00 bits per heavy atom. The standard InChI is InChI=1S/C17H15NO2/c1-11-14-6-4-3-5-12(14)9-17(18-19)16-10-13(20-2)7-8-15(11)16/h3-8,10,17H,1,9H2,2H3. The second kappa shape index (κ2) is 4.93. The van der Waals surface area contributed by atoms with Crippen LogP contribution in [0, 0.1) is 4.91 Å². The second-order valence-corrected chi connectivity index (χ2v) is 4.91. The lowest BCUT2D eigenvalue weighted by Crippen LogP contribution is -2.00. The SMILES string of the molecule is C=C1c2ccccc2CC(N=O)c2cc(OC)ccc21. The Kier molecular flexibility index (Phi) is 3.11. The van der Waals surface area contributed by atoms with Gasteiger partial charge in [0.05, 0.1) is 7.11 Å². The number of hydrogen-bond donors (Lipinski definition) is 0. The monoisotopic (exact) mass is 265 g/mol. The van der Waals surface area contributed by atoms with Gasteiger partial charge in [-0.1, -0.05) is 42.1 Å². The van der Waals surface area contributed by atoms with Crippen LogP contribution in [-0.4, -0.2) is 7.11 Å². The molecule has 20 heavy (non-hydrogen) atoms. The molecular weight excluding hydrogens is 250 g/mol. The highest BCUT2D eigenvalue weighted by Crippen LogP contribution is 2.39. The van der Waals surface area contributed by atoms with Gasteiger partial charge in [-0.15, -0.1) is 0 Å². The fourth-order valence-electron chi connectivity index (χ4n) is 2.77. The molecule has 0 aliphatic heterocycles. The number of fused-ring (bicyclic) bond motifs is 2. The molecule has 1 atom stereocenters. The van der Waals surface area contributed by atoms with E-state index in [9.17, 15) is 4.91 Å². The first-order valence-corrected chi connectivity index (χ1v) is 6.52. The summed E-state index contributed by atoms with van der Waals surface area (Å²) in [5.74, 6) is 0.733. The quantitative estimate of drug-likeness (QED) is 0.766. The van der Waals surface area contributed by atoms with Crippen LogP contribution in [0.3, 0.4) is 0 Å². The van der Waals surface area contributed by atoms with Crippen LogP contribution in [0.15, 0.2) is 54.2 Å². The van der Waals surface area contributed by atoms with Gasteiger partial charge in [0.25, 0.3) is 0 Å². The minimum Gasteiger partial charge on any atom is -0.497 e. The maximum absolute atomic E-state index is 11.3. The molecule has 3 rings (SSSR count). The normalized spacial score (nSPS) is 16.9. The van der Waals surface area contributed by atoms with E-state index < -0.39 is 6.04 Å². The third kappa shape index (κ3) is 1.92. The van der Waals surface area contributed by atoms with E-state index in [4.69, 9.17) is 4.74 Å². The molecule has 0 fully saturated rings. The van der Waals surface area contributed by atoms with Gasteiger partial charge in [-0.2, -0.15) is 4.91 Å². The fourth-order valence-corrected chi connectivity index (χ4v) is 2.77. The lowest BCUT2D eigenvalue weighted by molar-refractivity contribution is 0.413. The molecule has 3 heteroatoms. The second-order valence-electron chi connectivity index (χ2n) is 4.91. The minimum atomic E-state index is -0.402. The van der Waals surface area contributed by atoms with Crippen molar-refractivity contribution in [3.63, 3.8) is 0 Å². The Morgan fingerprint density at radius 1 is 1.20 bits per heavy atom. The number of ether oxygens (including phenoxy) is 1. The summed E-state index contributed by atoms with van der Waals surface area (Å²) in [5, 5.41) is 3.31. The number of methoxy groups -OCH3 is 1. The largest absolute Gasteiger partial charge is 0.497 e. The van der Waals surface area contributed by atoms with Crippen LogP contribution in [0.1, 0.15) is 28.3 Å². The van der Waals surface area contributed by atoms with Crippen LogP contribution in [0.25, 0.3) is 5.57 Å². The molecule has 2 aromatic carbocycles. The number of nitroso groups, excluding NO2 is 1. The van der Waals surface area contributed by atoms with Crippen molar-refractivity contribution in [3.05, 3.63) is 76.2 Å². The van der Waals surface area contributed by atoms with Gasteiger partial charge in [0.2, 0.25) is 0 Å². The summed E-state index contributed by atoms with van der Waals surface area (Å²) in [5.41, 5.74) is 4.99. The molecule has 0 radical (unpaired) electrons. The van der Waals surface area contributed by atoms with Gasteiger partial charge in [-0.25, -0.2) is 0 Å². The first kappa shape index (κ1) is 12.6. The first-order valence-electron chi connectivity index (χ1n) is 6.52. The van der Waals surface area contributed by atoms with Gasteiger partial charge in [0.1, 0.15) is 11.8 Å². The van der Waals surface area contributed by atoms with Crippen LogP contribution in [0.4, 0.5) is 0 Å². The summed E-state index contributed by atoms with van der Waals surface area (Å²) in [6.07, 6.45) is 0.596. The molecule has 0 heterocycles. The highest BCUT2D eigenvalue weighted by molar-refractivity contribution is 5.83. The molecule has 0 aromatic heterocycles. The zero-order valence-corrected chi connectivity index (χ0v) is 11.3. The van der Waals surface area contributed by atoms with Crippen LogP contribution in [-0.2, 0) is 6.42 Å². The number of benzene rings is 2. The maximum Gasteiger partial charge on any atom is 0.122 e. The number of hydrogen-bond acceptors (Lipinski definition) is 3. The van der Waals surface area contributed by atoms with Crippen molar-refractivity contribution in [1.29, 1.82) is 0 Å². The predicted octanol–water partition coefficient (Wildman–Crippen LogP) is 4.12. The van der Waals surface area contributed by atoms with Crippen LogP contribution in [0.2, 0.25) is 0 Å². The summed E-state index contributed by atoms with van der Waals surface area (Å²) >= 11 is 0. The fraction of sp³-hybridized carbons (Fsp3) is 0.176. The molecule has 1 aliphatic carbocycles. The average molecular weight is 265 g/mol. The molecule has 2 aromatic rings. The first-order chi connectivity index (χ1) is 9.74. The zero-order valence-electron chi connectivity index (χ0n) is 11.3. The molecule has 100 valence electrons. The van der Waals surface area contributed by atoms with Crippen molar-refractivity contribution in [3.8, 4) is 5.75 Å². The topological polar surface area (TPSA) is 38.7 Å². The Labute approximate surface area is 117 Å². The summed E-state index contributed by atoms with van der Waals surface area (Å²) in [6, 6.07) is 13.4. The number of rotatable bonds is 2. The van der Waals surface area contributed by atoms with Crippen molar-refractivity contribution in [2.24, 2.45) is 5.18 Å². The van der Waals surface area contributed by atoms with E-state index in [0.717, 1.165) is 33.6 Å². The average Bonchev–Trinajstić information content (AvgIpc) is 2.62. The van der Waals surface area contributed by atoms with Gasteiger partial charge in [-0.3, -0.25) is 0 Å². The van der Waals surface area contributed by atoms with E-state index >= 15 is 0 Å². The van der Waals surface area contributed by atoms with E-state index in [1.54, 1.807) is 7.11 Å². The summed E-state index contributed by atoms with van der Waals surface area (Å²) in [7, 11) is 1.62. The highest BCUT2D eigenvalue weighted by atomic mass is 16.5. The van der Waals surface area contributed by atoms with Crippen LogP contribution < -0.4 is 4.74 Å². The van der Waals surface area contributed by atoms with Crippen LogP contribution >= 0.6 is 0 Å². The van der Waals surface area contributed by atoms with Crippen molar-refractivity contribution in [1.82, 2.24) is 0 Å². The molecule has 1 aliphatic rings. The molecule has 0 saturated carbocycles. The van der Waals surface area contributed by atoms with Gasteiger partial charge in [0, 0.05) is 6.42 Å². The van der Waals surface area contributed by atoms with Crippen molar-refractivity contribution in [2.75, 3.05) is 7.11 Å². The van der Waals surface area contributed by atoms with E-state index in [1.807, 2.05) is 42.5 Å².